The van der Waals surface area contributed by atoms with Crippen LogP contribution >= 0.6 is 0 Å². The number of anilines is 1. The fourth-order valence-corrected chi connectivity index (χ4v) is 7.96. The number of carbonyl (C=O) groups is 1. The molecular formula is C27H33N3O2Sn. The van der Waals surface area contributed by atoms with Crippen LogP contribution in [0.5, 0.6) is 0 Å². The monoisotopic (exact) mass is 551 g/mol. The van der Waals surface area contributed by atoms with Crippen LogP contribution in [0.2, 0.25) is 3.93 Å². The summed E-state index contributed by atoms with van der Waals surface area (Å²) in [5.41, 5.74) is 2.45. The number of amides is 1. The van der Waals surface area contributed by atoms with Crippen molar-refractivity contribution in [3.63, 3.8) is 0 Å². The molecule has 0 bridgehead atoms. The van der Waals surface area contributed by atoms with Crippen molar-refractivity contribution in [2.45, 2.75) is 50.0 Å². The van der Waals surface area contributed by atoms with E-state index in [9.17, 15) is 4.79 Å². The number of carbonyl (C=O) groups excluding carboxylic acids is 1. The summed E-state index contributed by atoms with van der Waals surface area (Å²) in [6, 6.07) is 18.5. The Hall–Kier alpha value is -2.12. The maximum absolute atomic E-state index is 13.3. The van der Waals surface area contributed by atoms with Gasteiger partial charge in [0.05, 0.1) is 6.26 Å². The Bertz CT molecular complexity index is 1040. The molecule has 6 heteroatoms. The number of rotatable bonds is 8. The van der Waals surface area contributed by atoms with Crippen molar-refractivity contribution in [2.24, 2.45) is 0 Å². The summed E-state index contributed by atoms with van der Waals surface area (Å²) in [5, 5.41) is 0. The number of nitrogens with zero attached hydrogens (tertiary/aromatic N) is 3. The van der Waals surface area contributed by atoms with Crippen LogP contribution in [-0.4, -0.2) is 62.6 Å². The molecule has 0 unspecified atom stereocenters. The number of hydrogen-bond donors (Lipinski definition) is 0. The van der Waals surface area contributed by atoms with Gasteiger partial charge in [-0.15, -0.1) is 0 Å². The Balaban J connectivity index is 1.41. The van der Waals surface area contributed by atoms with Crippen LogP contribution in [0.25, 0.3) is 0 Å². The van der Waals surface area contributed by atoms with Crippen molar-refractivity contribution in [2.75, 3.05) is 24.5 Å². The van der Waals surface area contributed by atoms with E-state index in [0.717, 1.165) is 48.5 Å². The SMILES string of the molecule is Cc1cccc(N(C(=O)c2ccco2)C2CCN(CCc3cccc[c]3[Sn][CH](C)C)CC2)n1. The minimum atomic E-state index is -0.517. The number of hydrogen-bond acceptors (Lipinski definition) is 4. The molecule has 3 aromatic rings. The van der Waals surface area contributed by atoms with E-state index < -0.39 is 21.1 Å². The second kappa shape index (κ2) is 11.3. The van der Waals surface area contributed by atoms with Crippen LogP contribution in [-0.2, 0) is 6.42 Å². The Labute approximate surface area is 207 Å². The van der Waals surface area contributed by atoms with Gasteiger partial charge >= 0.3 is 183 Å². The van der Waals surface area contributed by atoms with E-state index in [1.165, 1.54) is 0 Å². The van der Waals surface area contributed by atoms with Gasteiger partial charge in [0, 0.05) is 0 Å². The van der Waals surface area contributed by atoms with E-state index in [-0.39, 0.29) is 11.9 Å². The molecule has 0 saturated carbocycles. The van der Waals surface area contributed by atoms with Crippen molar-refractivity contribution < 1.29 is 9.21 Å². The quantitative estimate of drug-likeness (QED) is 0.388. The first-order valence-corrected chi connectivity index (χ1v) is 15.0. The van der Waals surface area contributed by atoms with Gasteiger partial charge in [0.2, 0.25) is 0 Å². The minimum absolute atomic E-state index is 0.106. The van der Waals surface area contributed by atoms with E-state index in [1.54, 1.807) is 27.5 Å². The molecule has 172 valence electrons. The number of piperidine rings is 1. The summed E-state index contributed by atoms with van der Waals surface area (Å²) in [6.45, 7) is 9.73. The molecule has 2 aromatic heterocycles. The molecule has 1 aliphatic rings. The maximum atomic E-state index is 13.3. The third-order valence-electron chi connectivity index (χ3n) is 6.15. The number of aryl methyl sites for hydroxylation is 1. The normalized spacial score (nSPS) is 15.2. The van der Waals surface area contributed by atoms with Crippen molar-refractivity contribution in [3.05, 3.63) is 77.9 Å². The Morgan fingerprint density at radius 3 is 2.61 bits per heavy atom. The zero-order valence-electron chi connectivity index (χ0n) is 19.8. The number of benzene rings is 1. The van der Waals surface area contributed by atoms with E-state index in [2.05, 4.69) is 48.0 Å². The molecule has 33 heavy (non-hydrogen) atoms. The summed E-state index contributed by atoms with van der Waals surface area (Å²) in [6.07, 6.45) is 4.54. The van der Waals surface area contributed by atoms with Crippen molar-refractivity contribution in [1.82, 2.24) is 9.88 Å². The van der Waals surface area contributed by atoms with Crippen molar-refractivity contribution >= 4 is 36.4 Å². The average molecular weight is 550 g/mol. The zero-order valence-corrected chi connectivity index (χ0v) is 22.7. The summed E-state index contributed by atoms with van der Waals surface area (Å²) in [5.74, 6) is 0.973. The van der Waals surface area contributed by atoms with Gasteiger partial charge in [-0.3, -0.25) is 0 Å². The first-order chi connectivity index (χ1) is 16.0. The van der Waals surface area contributed by atoms with Gasteiger partial charge in [-0.1, -0.05) is 0 Å². The fourth-order valence-electron chi connectivity index (χ4n) is 4.51. The van der Waals surface area contributed by atoms with Gasteiger partial charge in [0.15, 0.2) is 0 Å². The molecule has 0 aliphatic carbocycles. The number of furan rings is 1. The molecule has 0 N–H and O–H groups in total. The summed E-state index contributed by atoms with van der Waals surface area (Å²) >= 11 is -0.517. The summed E-state index contributed by atoms with van der Waals surface area (Å²) in [4.78, 5) is 22.4. The molecule has 1 aliphatic heterocycles. The zero-order chi connectivity index (χ0) is 23.2. The predicted octanol–water partition coefficient (Wildman–Crippen LogP) is 4.49. The van der Waals surface area contributed by atoms with Gasteiger partial charge in [-0.25, -0.2) is 0 Å². The number of aromatic nitrogens is 1. The van der Waals surface area contributed by atoms with E-state index in [1.807, 2.05) is 30.0 Å². The van der Waals surface area contributed by atoms with Gasteiger partial charge < -0.3 is 0 Å². The van der Waals surface area contributed by atoms with Gasteiger partial charge in [-0.2, -0.15) is 0 Å². The molecule has 1 fully saturated rings. The molecule has 1 amide bonds. The van der Waals surface area contributed by atoms with Gasteiger partial charge in [0.25, 0.3) is 0 Å². The molecule has 1 saturated heterocycles. The van der Waals surface area contributed by atoms with Crippen LogP contribution in [0.1, 0.15) is 48.5 Å². The third-order valence-corrected chi connectivity index (χ3v) is 10.1. The molecule has 5 nitrogen and oxygen atoms in total. The first kappa shape index (κ1) is 24.0. The third kappa shape index (κ3) is 6.27. The molecule has 2 radical (unpaired) electrons. The summed E-state index contributed by atoms with van der Waals surface area (Å²) < 4.78 is 7.92. The van der Waals surface area contributed by atoms with Gasteiger partial charge in [0.1, 0.15) is 0 Å². The molecule has 0 atom stereocenters. The first-order valence-electron chi connectivity index (χ1n) is 11.9. The van der Waals surface area contributed by atoms with Crippen LogP contribution in [0.4, 0.5) is 5.82 Å². The Kier molecular flexibility index (Phi) is 8.25. The van der Waals surface area contributed by atoms with E-state index in [0.29, 0.717) is 11.6 Å². The van der Waals surface area contributed by atoms with E-state index in [4.69, 9.17) is 4.42 Å². The standard InChI is InChI=1S/C24H26N3O2.C3H7.Sn/c1-19-7-5-11-23(25-19)27(24(28)22-10-6-18-29-22)21-13-16-26(17-14-21)15-12-20-8-3-2-4-9-20;1-3-2;/h2-8,10-11,18,21H,12-17H2,1H3;3H,1-2H3;. The van der Waals surface area contributed by atoms with Crippen LogP contribution < -0.4 is 8.48 Å². The molecule has 0 spiro atoms. The molecular weight excluding hydrogens is 517 g/mol. The molecule has 4 rings (SSSR count). The van der Waals surface area contributed by atoms with Crippen molar-refractivity contribution in [1.29, 1.82) is 0 Å². The molecule has 3 heterocycles. The second-order valence-corrected chi connectivity index (χ2v) is 14.7. The van der Waals surface area contributed by atoms with Crippen LogP contribution in [0, 0.1) is 6.92 Å². The topological polar surface area (TPSA) is 49.6 Å². The van der Waals surface area contributed by atoms with Crippen LogP contribution in [0.3, 0.4) is 0 Å². The number of likely N-dealkylation sites (tertiary alicyclic amines) is 1. The second-order valence-electron chi connectivity index (χ2n) is 9.07. The van der Waals surface area contributed by atoms with E-state index >= 15 is 0 Å². The fraction of sp³-hybridized carbons (Fsp3) is 0.407. The Morgan fingerprint density at radius 2 is 1.91 bits per heavy atom. The number of pyridine rings is 1. The van der Waals surface area contributed by atoms with Crippen LogP contribution in [0.15, 0.2) is 65.3 Å². The van der Waals surface area contributed by atoms with Crippen molar-refractivity contribution in [3.8, 4) is 0 Å². The predicted molar refractivity (Wildman–Crippen MR) is 135 cm³/mol. The summed E-state index contributed by atoms with van der Waals surface area (Å²) in [7, 11) is 0. The van der Waals surface area contributed by atoms with Gasteiger partial charge in [-0.05, 0) is 19.1 Å². The molecule has 1 aromatic carbocycles. The average Bonchev–Trinajstić information content (AvgIpc) is 3.34. The Morgan fingerprint density at radius 1 is 1.12 bits per heavy atom.